The SMILES string of the molecule is COc1cc(OC)c2ccn(CC(N)=O)c2c1. The highest BCUT2D eigenvalue weighted by molar-refractivity contribution is 5.89. The van der Waals surface area contributed by atoms with E-state index in [2.05, 4.69) is 0 Å². The van der Waals surface area contributed by atoms with E-state index in [4.69, 9.17) is 15.2 Å². The first kappa shape index (κ1) is 11.3. The minimum Gasteiger partial charge on any atom is -0.497 e. The van der Waals surface area contributed by atoms with Gasteiger partial charge in [-0.3, -0.25) is 4.79 Å². The largest absolute Gasteiger partial charge is 0.497 e. The van der Waals surface area contributed by atoms with Crippen molar-refractivity contribution in [3.63, 3.8) is 0 Å². The summed E-state index contributed by atoms with van der Waals surface area (Å²) in [6.45, 7) is 0.139. The van der Waals surface area contributed by atoms with Crippen LogP contribution in [0.2, 0.25) is 0 Å². The summed E-state index contributed by atoms with van der Waals surface area (Å²) in [5.41, 5.74) is 6.05. The molecule has 1 aromatic carbocycles. The molecule has 0 aliphatic carbocycles. The maximum atomic E-state index is 11.0. The van der Waals surface area contributed by atoms with Crippen molar-refractivity contribution >= 4 is 16.8 Å². The molecule has 2 rings (SSSR count). The second-order valence-electron chi connectivity index (χ2n) is 3.67. The average Bonchev–Trinajstić information content (AvgIpc) is 2.70. The van der Waals surface area contributed by atoms with Gasteiger partial charge in [-0.25, -0.2) is 0 Å². The van der Waals surface area contributed by atoms with Crippen molar-refractivity contribution in [1.29, 1.82) is 0 Å². The summed E-state index contributed by atoms with van der Waals surface area (Å²) in [6.07, 6.45) is 1.80. The summed E-state index contributed by atoms with van der Waals surface area (Å²) >= 11 is 0. The molecule has 2 aromatic rings. The van der Waals surface area contributed by atoms with Gasteiger partial charge in [0.05, 0.1) is 19.7 Å². The number of benzene rings is 1. The molecule has 5 heteroatoms. The highest BCUT2D eigenvalue weighted by Crippen LogP contribution is 2.31. The van der Waals surface area contributed by atoms with Crippen molar-refractivity contribution in [3.05, 3.63) is 24.4 Å². The van der Waals surface area contributed by atoms with Gasteiger partial charge in [0.25, 0.3) is 0 Å². The zero-order valence-electron chi connectivity index (χ0n) is 9.77. The van der Waals surface area contributed by atoms with E-state index in [1.807, 2.05) is 12.1 Å². The van der Waals surface area contributed by atoms with Crippen LogP contribution < -0.4 is 15.2 Å². The van der Waals surface area contributed by atoms with Crippen LogP contribution in [0, 0.1) is 0 Å². The van der Waals surface area contributed by atoms with Crippen molar-refractivity contribution in [1.82, 2.24) is 4.57 Å². The fourth-order valence-electron chi connectivity index (χ4n) is 1.83. The van der Waals surface area contributed by atoms with Crippen LogP contribution in [0.5, 0.6) is 11.5 Å². The Labute approximate surface area is 98.7 Å². The molecule has 0 aliphatic rings. The van der Waals surface area contributed by atoms with E-state index >= 15 is 0 Å². The molecule has 0 aliphatic heterocycles. The fourth-order valence-corrected chi connectivity index (χ4v) is 1.83. The second kappa shape index (κ2) is 4.37. The lowest BCUT2D eigenvalue weighted by molar-refractivity contribution is -0.118. The number of methoxy groups -OCH3 is 2. The summed E-state index contributed by atoms with van der Waals surface area (Å²) in [4.78, 5) is 11.0. The Kier molecular flexibility index (Phi) is 2.91. The van der Waals surface area contributed by atoms with Crippen LogP contribution in [0.1, 0.15) is 0 Å². The van der Waals surface area contributed by atoms with Gasteiger partial charge >= 0.3 is 0 Å². The molecule has 0 atom stereocenters. The van der Waals surface area contributed by atoms with Crippen LogP contribution in [-0.2, 0) is 11.3 Å². The van der Waals surface area contributed by atoms with Crippen LogP contribution in [0.3, 0.4) is 0 Å². The Balaban J connectivity index is 2.61. The molecule has 5 nitrogen and oxygen atoms in total. The molecule has 1 heterocycles. The summed E-state index contributed by atoms with van der Waals surface area (Å²) in [5, 5.41) is 0.926. The summed E-state index contributed by atoms with van der Waals surface area (Å²) in [6, 6.07) is 5.54. The first-order valence-corrected chi connectivity index (χ1v) is 5.15. The number of nitrogens with two attached hydrogens (primary N) is 1. The first-order valence-electron chi connectivity index (χ1n) is 5.15. The van der Waals surface area contributed by atoms with Crippen molar-refractivity contribution in [2.45, 2.75) is 6.54 Å². The summed E-state index contributed by atoms with van der Waals surface area (Å²) < 4.78 is 12.2. The highest BCUT2D eigenvalue weighted by atomic mass is 16.5. The number of ether oxygens (including phenoxy) is 2. The number of hydrogen-bond donors (Lipinski definition) is 1. The molecule has 90 valence electrons. The van der Waals surface area contributed by atoms with E-state index in [-0.39, 0.29) is 12.5 Å². The monoisotopic (exact) mass is 234 g/mol. The van der Waals surface area contributed by atoms with E-state index in [0.29, 0.717) is 11.5 Å². The third-order valence-corrected chi connectivity index (χ3v) is 2.61. The van der Waals surface area contributed by atoms with Crippen molar-refractivity contribution in [3.8, 4) is 11.5 Å². The zero-order chi connectivity index (χ0) is 12.4. The van der Waals surface area contributed by atoms with Crippen LogP contribution in [0.4, 0.5) is 0 Å². The predicted octanol–water partition coefficient (Wildman–Crippen LogP) is 1.14. The van der Waals surface area contributed by atoms with Gasteiger partial charge in [-0.2, -0.15) is 0 Å². The van der Waals surface area contributed by atoms with Crippen molar-refractivity contribution < 1.29 is 14.3 Å². The minimum atomic E-state index is -0.385. The van der Waals surface area contributed by atoms with Crippen LogP contribution in [-0.4, -0.2) is 24.7 Å². The molecule has 0 spiro atoms. The number of hydrogen-bond acceptors (Lipinski definition) is 3. The van der Waals surface area contributed by atoms with Gasteiger partial charge < -0.3 is 19.8 Å². The van der Waals surface area contributed by atoms with E-state index < -0.39 is 0 Å². The Morgan fingerprint density at radius 1 is 1.35 bits per heavy atom. The maximum Gasteiger partial charge on any atom is 0.237 e. The average molecular weight is 234 g/mol. The number of carbonyl (C=O) groups is 1. The second-order valence-corrected chi connectivity index (χ2v) is 3.67. The molecule has 2 N–H and O–H groups in total. The lowest BCUT2D eigenvalue weighted by Crippen LogP contribution is -2.17. The molecule has 0 fully saturated rings. The summed E-state index contributed by atoms with van der Waals surface area (Å²) in [7, 11) is 3.18. The van der Waals surface area contributed by atoms with Gasteiger partial charge in [-0.1, -0.05) is 0 Å². The molecule has 1 amide bonds. The van der Waals surface area contributed by atoms with Crippen LogP contribution >= 0.6 is 0 Å². The normalized spacial score (nSPS) is 10.5. The van der Waals surface area contributed by atoms with Crippen LogP contribution in [0.25, 0.3) is 10.9 Å². The van der Waals surface area contributed by atoms with E-state index in [0.717, 1.165) is 10.9 Å². The molecular formula is C12H14N2O3. The third kappa shape index (κ3) is 2.04. The molecule has 0 saturated carbocycles. The Morgan fingerprint density at radius 2 is 2.12 bits per heavy atom. The number of carbonyl (C=O) groups excluding carboxylic acids is 1. The number of amides is 1. The Morgan fingerprint density at radius 3 is 2.71 bits per heavy atom. The lowest BCUT2D eigenvalue weighted by atomic mass is 10.2. The minimum absolute atomic E-state index is 0.139. The van der Waals surface area contributed by atoms with E-state index in [9.17, 15) is 4.79 Å². The number of aromatic nitrogens is 1. The smallest absolute Gasteiger partial charge is 0.237 e. The topological polar surface area (TPSA) is 66.5 Å². The van der Waals surface area contributed by atoms with Gasteiger partial charge in [0.15, 0.2) is 0 Å². The van der Waals surface area contributed by atoms with Crippen LogP contribution in [0.15, 0.2) is 24.4 Å². The molecule has 0 unspecified atom stereocenters. The predicted molar refractivity (Wildman–Crippen MR) is 64.2 cm³/mol. The maximum absolute atomic E-state index is 11.0. The van der Waals surface area contributed by atoms with Gasteiger partial charge in [-0.05, 0) is 6.07 Å². The van der Waals surface area contributed by atoms with Crippen molar-refractivity contribution in [2.75, 3.05) is 14.2 Å². The number of fused-ring (bicyclic) bond motifs is 1. The van der Waals surface area contributed by atoms with Gasteiger partial charge in [-0.15, -0.1) is 0 Å². The number of primary amides is 1. The van der Waals surface area contributed by atoms with E-state index in [1.54, 1.807) is 31.0 Å². The molecule has 0 radical (unpaired) electrons. The van der Waals surface area contributed by atoms with Crippen molar-refractivity contribution in [2.24, 2.45) is 5.73 Å². The number of rotatable bonds is 4. The van der Waals surface area contributed by atoms with Gasteiger partial charge in [0.1, 0.15) is 18.0 Å². The van der Waals surface area contributed by atoms with Gasteiger partial charge in [0, 0.05) is 23.7 Å². The molecule has 1 aromatic heterocycles. The zero-order valence-corrected chi connectivity index (χ0v) is 9.77. The molecule has 17 heavy (non-hydrogen) atoms. The van der Waals surface area contributed by atoms with Gasteiger partial charge in [0.2, 0.25) is 5.91 Å². The molecule has 0 saturated heterocycles. The molecule has 0 bridgehead atoms. The molecular weight excluding hydrogens is 220 g/mol. The standard InChI is InChI=1S/C12H14N2O3/c1-16-8-5-10-9(11(6-8)17-2)3-4-14(10)7-12(13)15/h3-6H,7H2,1-2H3,(H2,13,15). The van der Waals surface area contributed by atoms with E-state index in [1.165, 1.54) is 0 Å². The number of nitrogens with zero attached hydrogens (tertiary/aromatic N) is 1. The Hall–Kier alpha value is -2.17. The fraction of sp³-hybridized carbons (Fsp3) is 0.250. The third-order valence-electron chi connectivity index (χ3n) is 2.61. The first-order chi connectivity index (χ1) is 8.15. The summed E-state index contributed by atoms with van der Waals surface area (Å²) in [5.74, 6) is 1.01. The lowest BCUT2D eigenvalue weighted by Gasteiger charge is -2.08. The highest BCUT2D eigenvalue weighted by Gasteiger charge is 2.10. The Bertz CT molecular complexity index is 560. The quantitative estimate of drug-likeness (QED) is 0.862.